The summed E-state index contributed by atoms with van der Waals surface area (Å²) < 4.78 is 5.00. The van der Waals surface area contributed by atoms with E-state index in [1.165, 1.54) is 30.2 Å². The van der Waals surface area contributed by atoms with E-state index in [2.05, 4.69) is 6.58 Å². The lowest BCUT2D eigenvalue weighted by atomic mass is 9.79. The molecule has 0 radical (unpaired) electrons. The Hall–Kier alpha value is -1.52. The van der Waals surface area contributed by atoms with Crippen LogP contribution in [0.25, 0.3) is 0 Å². The molecule has 2 atom stereocenters. The Kier molecular flexibility index (Phi) is 5.04. The Morgan fingerprint density at radius 1 is 1.25 bits per heavy atom. The van der Waals surface area contributed by atoms with Crippen LogP contribution in [0.3, 0.4) is 0 Å². The fourth-order valence-electron chi connectivity index (χ4n) is 3.46. The highest BCUT2D eigenvalue weighted by molar-refractivity contribution is 5.80. The van der Waals surface area contributed by atoms with E-state index in [1.54, 1.807) is 0 Å². The third-order valence-electron chi connectivity index (χ3n) is 4.49. The minimum atomic E-state index is -0.932. The standard InChI is InChI=1S/C15H23NO4/c1-2-8-20-15(19)16-10-12(9-13(16)14(17)18)11-6-4-3-5-7-11/h2,11-13H,1,3-10H2,(H,17,18). The van der Waals surface area contributed by atoms with E-state index in [9.17, 15) is 14.7 Å². The highest BCUT2D eigenvalue weighted by Crippen LogP contribution is 2.37. The van der Waals surface area contributed by atoms with Crippen LogP contribution >= 0.6 is 0 Å². The van der Waals surface area contributed by atoms with Crippen LogP contribution < -0.4 is 0 Å². The number of carboxylic acid groups (broad SMARTS) is 1. The molecule has 2 aliphatic rings. The largest absolute Gasteiger partial charge is 0.480 e. The molecule has 1 N–H and O–H groups in total. The smallest absolute Gasteiger partial charge is 0.410 e. The fourth-order valence-corrected chi connectivity index (χ4v) is 3.46. The maximum atomic E-state index is 11.9. The van der Waals surface area contributed by atoms with Gasteiger partial charge in [-0.3, -0.25) is 4.90 Å². The summed E-state index contributed by atoms with van der Waals surface area (Å²) in [5.41, 5.74) is 0. The van der Waals surface area contributed by atoms with Gasteiger partial charge in [0, 0.05) is 6.54 Å². The van der Waals surface area contributed by atoms with Crippen molar-refractivity contribution in [2.24, 2.45) is 11.8 Å². The highest BCUT2D eigenvalue weighted by atomic mass is 16.6. The van der Waals surface area contributed by atoms with Crippen molar-refractivity contribution in [3.8, 4) is 0 Å². The Bertz CT molecular complexity index is 376. The Morgan fingerprint density at radius 3 is 2.55 bits per heavy atom. The molecule has 1 heterocycles. The van der Waals surface area contributed by atoms with Gasteiger partial charge in [0.2, 0.25) is 0 Å². The molecule has 5 nitrogen and oxygen atoms in total. The number of rotatable bonds is 4. The summed E-state index contributed by atoms with van der Waals surface area (Å²) in [6.45, 7) is 4.12. The molecule has 0 aromatic heterocycles. The Morgan fingerprint density at radius 2 is 1.95 bits per heavy atom. The molecule has 2 fully saturated rings. The average molecular weight is 281 g/mol. The summed E-state index contributed by atoms with van der Waals surface area (Å²) in [6, 6.07) is -0.737. The Labute approximate surface area is 119 Å². The van der Waals surface area contributed by atoms with Gasteiger partial charge in [-0.25, -0.2) is 9.59 Å². The third-order valence-corrected chi connectivity index (χ3v) is 4.49. The number of likely N-dealkylation sites (tertiary alicyclic amines) is 1. The van der Waals surface area contributed by atoms with Gasteiger partial charge in [0.1, 0.15) is 12.6 Å². The van der Waals surface area contributed by atoms with E-state index < -0.39 is 18.1 Å². The van der Waals surface area contributed by atoms with Crippen LogP contribution in [0, 0.1) is 11.8 Å². The molecular formula is C15H23NO4. The molecule has 0 spiro atoms. The van der Waals surface area contributed by atoms with E-state index in [1.807, 2.05) is 0 Å². The molecule has 1 saturated heterocycles. The number of hydrogen-bond donors (Lipinski definition) is 1. The maximum absolute atomic E-state index is 11.9. The van der Waals surface area contributed by atoms with Crippen LogP contribution in [0.4, 0.5) is 4.79 Å². The predicted octanol–water partition coefficient (Wildman–Crippen LogP) is 2.66. The number of amides is 1. The molecular weight excluding hydrogens is 258 g/mol. The van der Waals surface area contributed by atoms with Gasteiger partial charge in [-0.1, -0.05) is 44.8 Å². The normalized spacial score (nSPS) is 27.3. The van der Waals surface area contributed by atoms with Crippen molar-refractivity contribution in [2.45, 2.75) is 44.6 Å². The van der Waals surface area contributed by atoms with Crippen LogP contribution in [0.2, 0.25) is 0 Å². The predicted molar refractivity (Wildman–Crippen MR) is 74.4 cm³/mol. The van der Waals surface area contributed by atoms with Crippen molar-refractivity contribution in [3.05, 3.63) is 12.7 Å². The van der Waals surface area contributed by atoms with Gasteiger partial charge in [0.05, 0.1) is 0 Å². The molecule has 112 valence electrons. The van der Waals surface area contributed by atoms with Crippen LogP contribution in [-0.4, -0.2) is 41.3 Å². The van der Waals surface area contributed by atoms with Crippen LogP contribution in [0.15, 0.2) is 12.7 Å². The molecule has 0 aromatic rings. The third kappa shape index (κ3) is 3.32. The molecule has 5 heteroatoms. The lowest BCUT2D eigenvalue weighted by molar-refractivity contribution is -0.141. The molecule has 0 aromatic carbocycles. The van der Waals surface area contributed by atoms with Gasteiger partial charge in [-0.05, 0) is 18.3 Å². The number of hydrogen-bond acceptors (Lipinski definition) is 3. The quantitative estimate of drug-likeness (QED) is 0.804. The number of carboxylic acids is 1. The number of ether oxygens (including phenoxy) is 1. The first kappa shape index (κ1) is 14.9. The first-order chi connectivity index (χ1) is 9.63. The Balaban J connectivity index is 2.00. The van der Waals surface area contributed by atoms with E-state index in [0.717, 1.165) is 12.8 Å². The second-order valence-electron chi connectivity index (χ2n) is 5.77. The summed E-state index contributed by atoms with van der Waals surface area (Å²) in [5.74, 6) is -0.0747. The highest BCUT2D eigenvalue weighted by Gasteiger charge is 2.43. The van der Waals surface area contributed by atoms with Crippen LogP contribution in [0.5, 0.6) is 0 Å². The van der Waals surface area contributed by atoms with E-state index >= 15 is 0 Å². The van der Waals surface area contributed by atoms with Crippen molar-refractivity contribution in [2.75, 3.05) is 13.2 Å². The zero-order valence-corrected chi connectivity index (χ0v) is 11.8. The van der Waals surface area contributed by atoms with Gasteiger partial charge in [0.25, 0.3) is 0 Å². The first-order valence-electron chi connectivity index (χ1n) is 7.40. The number of nitrogens with zero attached hydrogens (tertiary/aromatic N) is 1. The van der Waals surface area contributed by atoms with E-state index in [0.29, 0.717) is 24.8 Å². The van der Waals surface area contributed by atoms with Crippen molar-refractivity contribution < 1.29 is 19.4 Å². The zero-order valence-electron chi connectivity index (χ0n) is 11.8. The summed E-state index contributed by atoms with van der Waals surface area (Å²) in [7, 11) is 0. The summed E-state index contributed by atoms with van der Waals surface area (Å²) in [6.07, 6.45) is 7.55. The minimum absolute atomic E-state index is 0.121. The maximum Gasteiger partial charge on any atom is 0.410 e. The lowest BCUT2D eigenvalue weighted by Gasteiger charge is -2.27. The molecule has 2 rings (SSSR count). The number of carbonyl (C=O) groups excluding carboxylic acids is 1. The molecule has 1 aliphatic carbocycles. The van der Waals surface area contributed by atoms with Crippen molar-refractivity contribution in [1.82, 2.24) is 4.90 Å². The topological polar surface area (TPSA) is 66.8 Å². The fraction of sp³-hybridized carbons (Fsp3) is 0.733. The van der Waals surface area contributed by atoms with Gasteiger partial charge >= 0.3 is 12.1 Å². The minimum Gasteiger partial charge on any atom is -0.480 e. The molecule has 1 amide bonds. The number of carbonyl (C=O) groups is 2. The van der Waals surface area contributed by atoms with Crippen molar-refractivity contribution >= 4 is 12.1 Å². The summed E-state index contributed by atoms with van der Waals surface area (Å²) in [5, 5.41) is 9.30. The van der Waals surface area contributed by atoms with E-state index in [-0.39, 0.29) is 6.61 Å². The van der Waals surface area contributed by atoms with Crippen LogP contribution in [-0.2, 0) is 9.53 Å². The molecule has 2 unspecified atom stereocenters. The van der Waals surface area contributed by atoms with Crippen molar-refractivity contribution in [1.29, 1.82) is 0 Å². The number of aliphatic carboxylic acids is 1. The molecule has 1 saturated carbocycles. The molecule has 0 bridgehead atoms. The van der Waals surface area contributed by atoms with Gasteiger partial charge in [-0.2, -0.15) is 0 Å². The van der Waals surface area contributed by atoms with E-state index in [4.69, 9.17) is 4.74 Å². The molecule has 1 aliphatic heterocycles. The second kappa shape index (κ2) is 6.77. The van der Waals surface area contributed by atoms with Crippen LogP contribution in [0.1, 0.15) is 38.5 Å². The molecule has 20 heavy (non-hydrogen) atoms. The SMILES string of the molecule is C=CCOC(=O)N1CC(C2CCCCC2)CC1C(=O)O. The first-order valence-corrected chi connectivity index (χ1v) is 7.40. The zero-order chi connectivity index (χ0) is 14.5. The lowest BCUT2D eigenvalue weighted by Crippen LogP contribution is -2.40. The summed E-state index contributed by atoms with van der Waals surface area (Å²) >= 11 is 0. The monoisotopic (exact) mass is 281 g/mol. The van der Waals surface area contributed by atoms with Gasteiger partial charge in [0.15, 0.2) is 0 Å². The van der Waals surface area contributed by atoms with Crippen molar-refractivity contribution in [3.63, 3.8) is 0 Å². The second-order valence-corrected chi connectivity index (χ2v) is 5.77. The average Bonchev–Trinajstić information content (AvgIpc) is 2.91. The van der Waals surface area contributed by atoms with Gasteiger partial charge < -0.3 is 9.84 Å². The summed E-state index contributed by atoms with van der Waals surface area (Å²) in [4.78, 5) is 24.7. The van der Waals surface area contributed by atoms with Gasteiger partial charge in [-0.15, -0.1) is 0 Å².